The van der Waals surface area contributed by atoms with Gasteiger partial charge in [-0.1, -0.05) is 11.6 Å². The van der Waals surface area contributed by atoms with Crippen LogP contribution in [0.1, 0.15) is 18.9 Å². The van der Waals surface area contributed by atoms with E-state index in [1.807, 2.05) is 0 Å². The van der Waals surface area contributed by atoms with E-state index in [-0.39, 0.29) is 16.5 Å². The molecule has 1 aliphatic rings. The second-order valence-electron chi connectivity index (χ2n) is 5.30. The molecular weight excluding hydrogens is 300 g/mol. The predicted molar refractivity (Wildman–Crippen MR) is 79.1 cm³/mol. The van der Waals surface area contributed by atoms with Gasteiger partial charge in [0.25, 0.3) is 0 Å². The molecule has 1 fully saturated rings. The van der Waals surface area contributed by atoms with Crippen LogP contribution in [0, 0.1) is 12.8 Å². The highest BCUT2D eigenvalue weighted by molar-refractivity contribution is 7.89. The normalized spacial score (nSPS) is 22.1. The summed E-state index contributed by atoms with van der Waals surface area (Å²) in [6, 6.07) is 2.92. The third kappa shape index (κ3) is 2.79. The molecule has 3 N–H and O–H groups in total. The van der Waals surface area contributed by atoms with Gasteiger partial charge in [0.1, 0.15) is 0 Å². The molecule has 7 heteroatoms. The van der Waals surface area contributed by atoms with Gasteiger partial charge in [-0.3, -0.25) is 0 Å². The number of aliphatic hydroxyl groups is 1. The molecule has 0 spiro atoms. The second kappa shape index (κ2) is 5.52. The number of nitrogen functional groups attached to an aromatic ring is 1. The van der Waals surface area contributed by atoms with Gasteiger partial charge in [-0.15, -0.1) is 0 Å². The van der Waals surface area contributed by atoms with Gasteiger partial charge in [-0.05, 0) is 43.9 Å². The highest BCUT2D eigenvalue weighted by atomic mass is 35.5. The molecule has 0 saturated carbocycles. The van der Waals surface area contributed by atoms with Crippen LogP contribution in [0.2, 0.25) is 5.02 Å². The zero-order valence-electron chi connectivity index (χ0n) is 11.5. The van der Waals surface area contributed by atoms with Crippen molar-refractivity contribution >= 4 is 27.3 Å². The van der Waals surface area contributed by atoms with Gasteiger partial charge in [-0.25, -0.2) is 8.42 Å². The first-order chi connectivity index (χ1) is 9.23. The molecule has 1 aliphatic heterocycles. The third-order valence-corrected chi connectivity index (χ3v) is 6.12. The largest absolute Gasteiger partial charge is 0.397 e. The van der Waals surface area contributed by atoms with Crippen molar-refractivity contribution in [3.63, 3.8) is 0 Å². The first-order valence-corrected chi connectivity index (χ1v) is 8.29. The number of nitrogens with zero attached hydrogens (tertiary/aromatic N) is 1. The molecule has 0 aliphatic carbocycles. The Morgan fingerprint density at radius 3 is 2.65 bits per heavy atom. The minimum Gasteiger partial charge on any atom is -0.397 e. The van der Waals surface area contributed by atoms with Gasteiger partial charge in [0.2, 0.25) is 10.0 Å². The maximum absolute atomic E-state index is 12.6. The van der Waals surface area contributed by atoms with E-state index in [4.69, 9.17) is 17.3 Å². The van der Waals surface area contributed by atoms with E-state index in [0.717, 1.165) is 0 Å². The van der Waals surface area contributed by atoms with E-state index in [1.165, 1.54) is 16.4 Å². The number of nitrogens with two attached hydrogens (primary N) is 1. The third-order valence-electron chi connectivity index (χ3n) is 3.76. The van der Waals surface area contributed by atoms with Gasteiger partial charge in [0.15, 0.2) is 0 Å². The topological polar surface area (TPSA) is 83.6 Å². The highest BCUT2D eigenvalue weighted by Crippen LogP contribution is 2.31. The van der Waals surface area contributed by atoms with Gasteiger partial charge in [0.05, 0.1) is 21.7 Å². The summed E-state index contributed by atoms with van der Waals surface area (Å²) in [6.45, 7) is 4.16. The van der Waals surface area contributed by atoms with Crippen LogP contribution in [0.3, 0.4) is 0 Å². The number of halogens is 1. The van der Waals surface area contributed by atoms with Crippen LogP contribution in [0.5, 0.6) is 0 Å². The van der Waals surface area contributed by atoms with Gasteiger partial charge in [0, 0.05) is 13.1 Å². The summed E-state index contributed by atoms with van der Waals surface area (Å²) < 4.78 is 26.5. The molecular formula is C13H19ClN2O3S. The van der Waals surface area contributed by atoms with Gasteiger partial charge in [-0.2, -0.15) is 4.31 Å². The molecule has 2 atom stereocenters. The molecule has 5 nitrogen and oxygen atoms in total. The van der Waals surface area contributed by atoms with E-state index >= 15 is 0 Å². The lowest BCUT2D eigenvalue weighted by atomic mass is 10.0. The number of benzene rings is 1. The lowest BCUT2D eigenvalue weighted by Crippen LogP contribution is -2.30. The minimum absolute atomic E-state index is 0.0180. The number of sulfonamides is 1. The lowest BCUT2D eigenvalue weighted by molar-refractivity contribution is 0.133. The Bertz CT molecular complexity index is 593. The lowest BCUT2D eigenvalue weighted by Gasteiger charge is -2.18. The number of hydrogen-bond acceptors (Lipinski definition) is 4. The van der Waals surface area contributed by atoms with Gasteiger partial charge < -0.3 is 10.8 Å². The minimum atomic E-state index is -3.58. The average Bonchev–Trinajstić information content (AvgIpc) is 2.85. The molecule has 0 aromatic heterocycles. The molecule has 20 heavy (non-hydrogen) atoms. The van der Waals surface area contributed by atoms with Crippen molar-refractivity contribution in [3.8, 4) is 0 Å². The van der Waals surface area contributed by atoms with Crippen LogP contribution in [0.15, 0.2) is 17.0 Å². The second-order valence-corrected chi connectivity index (χ2v) is 7.61. The molecule has 1 heterocycles. The Morgan fingerprint density at radius 2 is 2.15 bits per heavy atom. The zero-order chi connectivity index (χ0) is 15.1. The SMILES string of the molecule is Cc1cc(S(=O)(=O)N2CCC(C(C)O)C2)cc(N)c1Cl. The van der Waals surface area contributed by atoms with Gasteiger partial charge >= 0.3 is 0 Å². The summed E-state index contributed by atoms with van der Waals surface area (Å²) in [6.07, 6.45) is 0.158. The smallest absolute Gasteiger partial charge is 0.243 e. The molecule has 1 saturated heterocycles. The Morgan fingerprint density at radius 1 is 1.50 bits per heavy atom. The van der Waals surface area contributed by atoms with Crippen molar-refractivity contribution in [1.29, 1.82) is 0 Å². The molecule has 1 aromatic carbocycles. The first kappa shape index (κ1) is 15.6. The van der Waals surface area contributed by atoms with Crippen LogP contribution in [0.4, 0.5) is 5.69 Å². The molecule has 0 radical (unpaired) electrons. The predicted octanol–water partition coefficient (Wildman–Crippen LogP) is 1.62. The summed E-state index contributed by atoms with van der Waals surface area (Å²) in [4.78, 5) is 0.156. The standard InChI is InChI=1S/C13H19ClN2O3S/c1-8-5-11(6-12(15)13(8)14)20(18,19)16-4-3-10(7-16)9(2)17/h5-6,9-10,17H,3-4,7,15H2,1-2H3. The summed E-state index contributed by atoms with van der Waals surface area (Å²) in [5.41, 5.74) is 6.63. The van der Waals surface area contributed by atoms with Crippen LogP contribution >= 0.6 is 11.6 Å². The number of rotatable bonds is 3. The molecule has 112 valence electrons. The van der Waals surface area contributed by atoms with Crippen LogP contribution < -0.4 is 5.73 Å². The number of aliphatic hydroxyl groups excluding tert-OH is 1. The average molecular weight is 319 g/mol. The molecule has 2 rings (SSSR count). The van der Waals surface area contributed by atoms with Crippen molar-refractivity contribution in [2.24, 2.45) is 5.92 Å². The van der Waals surface area contributed by atoms with E-state index in [9.17, 15) is 13.5 Å². The molecule has 0 amide bonds. The fourth-order valence-electron chi connectivity index (χ4n) is 2.43. The monoisotopic (exact) mass is 318 g/mol. The summed E-state index contributed by atoms with van der Waals surface area (Å²) >= 11 is 5.96. The number of aryl methyl sites for hydroxylation is 1. The van der Waals surface area contributed by atoms with E-state index in [2.05, 4.69) is 0 Å². The van der Waals surface area contributed by atoms with Crippen molar-refractivity contribution in [3.05, 3.63) is 22.7 Å². The fraction of sp³-hybridized carbons (Fsp3) is 0.538. The van der Waals surface area contributed by atoms with Crippen LogP contribution in [-0.2, 0) is 10.0 Å². The maximum atomic E-state index is 12.6. The number of anilines is 1. The first-order valence-electron chi connectivity index (χ1n) is 6.47. The Labute approximate surface area is 124 Å². The maximum Gasteiger partial charge on any atom is 0.243 e. The van der Waals surface area contributed by atoms with E-state index in [0.29, 0.717) is 30.1 Å². The van der Waals surface area contributed by atoms with Crippen molar-refractivity contribution in [2.45, 2.75) is 31.3 Å². The summed E-state index contributed by atoms with van der Waals surface area (Å²) in [5, 5.41) is 9.95. The Kier molecular flexibility index (Phi) is 4.30. The zero-order valence-corrected chi connectivity index (χ0v) is 13.1. The molecule has 0 bridgehead atoms. The Hall–Kier alpha value is -0.820. The van der Waals surface area contributed by atoms with Crippen LogP contribution in [0.25, 0.3) is 0 Å². The molecule has 1 aromatic rings. The van der Waals surface area contributed by atoms with Crippen molar-refractivity contribution < 1.29 is 13.5 Å². The fourth-order valence-corrected chi connectivity index (χ4v) is 4.17. The molecule has 2 unspecified atom stereocenters. The summed E-state index contributed by atoms with van der Waals surface area (Å²) in [7, 11) is -3.58. The summed E-state index contributed by atoms with van der Waals surface area (Å²) in [5.74, 6) is -0.0180. The number of hydrogen-bond donors (Lipinski definition) is 2. The van der Waals surface area contributed by atoms with E-state index in [1.54, 1.807) is 13.8 Å². The van der Waals surface area contributed by atoms with Crippen molar-refractivity contribution in [1.82, 2.24) is 4.31 Å². The highest BCUT2D eigenvalue weighted by Gasteiger charge is 2.34. The van der Waals surface area contributed by atoms with E-state index < -0.39 is 16.1 Å². The quantitative estimate of drug-likeness (QED) is 0.830. The van der Waals surface area contributed by atoms with Crippen molar-refractivity contribution in [2.75, 3.05) is 18.8 Å². The van der Waals surface area contributed by atoms with Crippen LogP contribution in [-0.4, -0.2) is 37.0 Å². The Balaban J connectivity index is 2.32.